The van der Waals surface area contributed by atoms with Crippen molar-refractivity contribution >= 4 is 69.1 Å². The van der Waals surface area contributed by atoms with Crippen molar-refractivity contribution in [2.45, 2.75) is 70.9 Å². The topological polar surface area (TPSA) is 384 Å². The normalized spacial score (nSPS) is 22.5. The number of hydrogen-bond donors (Lipinski definition) is 10. The Hall–Kier alpha value is -2.48. The van der Waals surface area contributed by atoms with E-state index in [1.165, 1.54) is 13.8 Å². The van der Waals surface area contributed by atoms with Crippen LogP contribution in [0.3, 0.4) is 0 Å². The summed E-state index contributed by atoms with van der Waals surface area (Å²) >= 11 is 0.857. The fourth-order valence-corrected chi connectivity index (χ4v) is 8.32. The van der Waals surface area contributed by atoms with Gasteiger partial charge in [0.1, 0.15) is 42.4 Å². The van der Waals surface area contributed by atoms with Gasteiger partial charge >= 0.3 is 23.5 Å². The van der Waals surface area contributed by atoms with Crippen LogP contribution in [-0.2, 0) is 50.7 Å². The van der Waals surface area contributed by atoms with Crippen LogP contribution in [0.4, 0.5) is 5.82 Å². The number of amides is 2. The van der Waals surface area contributed by atoms with E-state index in [4.69, 9.17) is 19.5 Å². The Bertz CT molecular complexity index is 1810. The maximum Gasteiger partial charge on any atom is 0.481 e. The molecule has 2 amide bonds. The van der Waals surface area contributed by atoms with E-state index >= 15 is 0 Å². The molecule has 0 radical (unpaired) electrons. The Morgan fingerprint density at radius 3 is 2.33 bits per heavy atom. The minimum Gasteiger partial charge on any atom is -0.386 e. The zero-order valence-corrected chi connectivity index (χ0v) is 33.2. The lowest BCUT2D eigenvalue weighted by Crippen LogP contribution is -2.46. The molecule has 0 saturated carbocycles. The van der Waals surface area contributed by atoms with Gasteiger partial charge in [-0.3, -0.25) is 32.5 Å². The van der Waals surface area contributed by atoms with E-state index in [0.29, 0.717) is 0 Å². The number of fused-ring (bicyclic) bond motifs is 1. The van der Waals surface area contributed by atoms with Crippen LogP contribution in [0.1, 0.15) is 40.3 Å². The van der Waals surface area contributed by atoms with Crippen molar-refractivity contribution in [1.82, 2.24) is 30.2 Å². The number of thioether (sulfide) groups is 1. The number of nitrogens with zero attached hydrogens (tertiary/aromatic N) is 4. The number of aliphatic hydroxyl groups excluding tert-OH is 3. The molecule has 1 saturated heterocycles. The molecule has 1 aliphatic heterocycles. The quantitative estimate of drug-likeness (QED) is 0.0514. The third kappa shape index (κ3) is 13.8. The molecule has 2 aromatic rings. The molecule has 8 atom stereocenters. The van der Waals surface area contributed by atoms with Crippen LogP contribution in [-0.4, -0.2) is 134 Å². The van der Waals surface area contributed by atoms with Gasteiger partial charge in [-0.1, -0.05) is 39.5 Å². The van der Waals surface area contributed by atoms with E-state index < -0.39 is 95.8 Å². The first-order valence-corrected chi connectivity index (χ1v) is 21.6. The summed E-state index contributed by atoms with van der Waals surface area (Å²) in [5.41, 5.74) is 4.23. The van der Waals surface area contributed by atoms with Crippen LogP contribution in [0.25, 0.3) is 11.2 Å². The first-order valence-electron chi connectivity index (χ1n) is 16.1. The molecular weight excluding hydrogens is 823 g/mol. The van der Waals surface area contributed by atoms with Gasteiger partial charge in [0.25, 0.3) is 0 Å². The Morgan fingerprint density at radius 1 is 1.04 bits per heavy atom. The molecular formula is C26H44N7O18P3S. The zero-order chi connectivity index (χ0) is 41.5. The summed E-state index contributed by atoms with van der Waals surface area (Å²) in [4.78, 5) is 87.2. The fraction of sp³-hybridized carbons (Fsp3) is 0.692. The second kappa shape index (κ2) is 19.3. The number of aromatic nitrogens is 4. The third-order valence-electron chi connectivity index (χ3n) is 7.62. The van der Waals surface area contributed by atoms with Crippen molar-refractivity contribution in [3.63, 3.8) is 0 Å². The molecule has 3 rings (SSSR count). The van der Waals surface area contributed by atoms with Crippen molar-refractivity contribution < 1.29 is 85.6 Å². The first-order chi connectivity index (χ1) is 25.3. The number of ether oxygens (including phenoxy) is 1. The average molecular weight is 868 g/mol. The van der Waals surface area contributed by atoms with Crippen LogP contribution >= 0.6 is 35.2 Å². The molecule has 312 valence electrons. The minimum absolute atomic E-state index is 0.0252. The molecule has 2 aromatic heterocycles. The van der Waals surface area contributed by atoms with Crippen LogP contribution in [0.5, 0.6) is 0 Å². The lowest BCUT2D eigenvalue weighted by molar-refractivity contribution is -0.137. The van der Waals surface area contributed by atoms with Crippen LogP contribution in [0.2, 0.25) is 0 Å². The number of anilines is 1. The summed E-state index contributed by atoms with van der Waals surface area (Å²) in [5.74, 6) is -1.59. The number of imidazole rings is 1. The molecule has 0 bridgehead atoms. The molecule has 1 aliphatic rings. The monoisotopic (exact) mass is 867 g/mol. The lowest BCUT2D eigenvalue weighted by atomic mass is 9.87. The highest BCUT2D eigenvalue weighted by atomic mass is 32.2. The van der Waals surface area contributed by atoms with E-state index in [1.54, 1.807) is 13.8 Å². The van der Waals surface area contributed by atoms with Gasteiger partial charge in [0.15, 0.2) is 17.7 Å². The van der Waals surface area contributed by atoms with Gasteiger partial charge in [-0.25, -0.2) is 28.6 Å². The Balaban J connectivity index is 1.50. The number of carbonyl (C=O) groups is 3. The standard InChI is InChI=1S/C26H44N7O18P3S/c1-13(2)17(35)25(39)55-8-7-28-15(34)5-6-29-23(38)20(37)26(3,4)10-48-54(45,46)51-53(43,44)47-9-14-19(50-52(40,41)42)18(36)24(49-14)33-12-32-16-21(27)30-11-31-22(16)33/h11-14,17-20,24,35-37H,5-10H2,1-4H3,(H,28,34)(H,29,38)(H,43,44)(H,45,46)(H2,27,30,31)(H2,40,41,42). The van der Waals surface area contributed by atoms with Gasteiger partial charge in [0, 0.05) is 30.7 Å². The highest BCUT2D eigenvalue weighted by molar-refractivity contribution is 8.13. The number of aliphatic hydroxyl groups is 3. The van der Waals surface area contributed by atoms with Crippen molar-refractivity contribution in [2.24, 2.45) is 11.3 Å². The predicted molar refractivity (Wildman–Crippen MR) is 188 cm³/mol. The Kier molecular flexibility index (Phi) is 16.5. The summed E-state index contributed by atoms with van der Waals surface area (Å²) in [6.07, 6.45) is -8.14. The SMILES string of the molecule is CC(C)C(O)C(=O)SCCNC(=O)CCNC(=O)C(O)C(C)(C)COP(=O)(O)OP(=O)(O)OCC1OC(n2cnc3c(N)ncnc32)C(O)C1OP(=O)(O)O. The second-order valence-corrected chi connectivity index (χ2v) is 18.3. The number of phosphoric acid groups is 3. The largest absolute Gasteiger partial charge is 0.481 e. The maximum atomic E-state index is 12.7. The first kappa shape index (κ1) is 46.9. The Morgan fingerprint density at radius 2 is 1.69 bits per heavy atom. The van der Waals surface area contributed by atoms with Gasteiger partial charge in [-0.05, 0) is 5.92 Å². The molecule has 29 heteroatoms. The summed E-state index contributed by atoms with van der Waals surface area (Å²) in [6, 6.07) is 0. The molecule has 55 heavy (non-hydrogen) atoms. The molecule has 25 nitrogen and oxygen atoms in total. The Labute approximate surface area is 317 Å². The molecule has 11 N–H and O–H groups in total. The lowest BCUT2D eigenvalue weighted by Gasteiger charge is -2.30. The van der Waals surface area contributed by atoms with Gasteiger partial charge in [-0.15, -0.1) is 0 Å². The highest BCUT2D eigenvalue weighted by Gasteiger charge is 2.50. The van der Waals surface area contributed by atoms with Gasteiger partial charge in [0.2, 0.25) is 16.9 Å². The second-order valence-electron chi connectivity index (χ2n) is 12.9. The van der Waals surface area contributed by atoms with Gasteiger partial charge in [0.05, 0.1) is 19.5 Å². The van der Waals surface area contributed by atoms with Crippen molar-refractivity contribution in [3.8, 4) is 0 Å². The third-order valence-corrected chi connectivity index (χ3v) is 11.7. The average Bonchev–Trinajstić information content (AvgIpc) is 3.64. The predicted octanol–water partition coefficient (Wildman–Crippen LogP) is -1.32. The van der Waals surface area contributed by atoms with E-state index in [1.807, 2.05) is 0 Å². The number of hydrogen-bond acceptors (Lipinski definition) is 19. The summed E-state index contributed by atoms with van der Waals surface area (Å²) in [5, 5.41) is 35.5. The van der Waals surface area contributed by atoms with Gasteiger partial charge < -0.3 is 56.0 Å². The van der Waals surface area contributed by atoms with Crippen LogP contribution < -0.4 is 16.4 Å². The molecule has 0 spiro atoms. The number of nitrogens with two attached hydrogens (primary N) is 1. The van der Waals surface area contributed by atoms with Gasteiger partial charge in [-0.2, -0.15) is 4.31 Å². The molecule has 0 aliphatic carbocycles. The summed E-state index contributed by atoms with van der Waals surface area (Å²) in [7, 11) is -16.4. The highest BCUT2D eigenvalue weighted by Crippen LogP contribution is 2.61. The minimum atomic E-state index is -5.58. The van der Waals surface area contributed by atoms with E-state index in [9.17, 15) is 63.0 Å². The number of nitrogen functional groups attached to an aromatic ring is 1. The number of phosphoric ester groups is 3. The van der Waals surface area contributed by atoms with Crippen LogP contribution in [0.15, 0.2) is 12.7 Å². The van der Waals surface area contributed by atoms with Crippen LogP contribution in [0, 0.1) is 11.3 Å². The number of carbonyl (C=O) groups excluding carboxylic acids is 3. The van der Waals surface area contributed by atoms with Crippen molar-refractivity contribution in [2.75, 3.05) is 37.8 Å². The fourth-order valence-electron chi connectivity index (χ4n) is 4.64. The smallest absolute Gasteiger partial charge is 0.386 e. The van der Waals surface area contributed by atoms with E-state index in [-0.39, 0.29) is 48.2 Å². The molecule has 3 heterocycles. The number of nitrogens with one attached hydrogen (secondary N) is 2. The van der Waals surface area contributed by atoms with E-state index in [2.05, 4.69) is 34.4 Å². The summed E-state index contributed by atoms with van der Waals surface area (Å²) < 4.78 is 62.0. The summed E-state index contributed by atoms with van der Waals surface area (Å²) in [6.45, 7) is 3.68. The molecule has 1 fully saturated rings. The zero-order valence-electron chi connectivity index (χ0n) is 29.7. The van der Waals surface area contributed by atoms with Crippen molar-refractivity contribution in [3.05, 3.63) is 12.7 Å². The maximum absolute atomic E-state index is 12.7. The van der Waals surface area contributed by atoms with E-state index in [0.717, 1.165) is 29.0 Å². The number of rotatable bonds is 21. The van der Waals surface area contributed by atoms with Crippen molar-refractivity contribution in [1.29, 1.82) is 0 Å². The molecule has 0 aromatic carbocycles. The molecule has 8 unspecified atom stereocenters.